The minimum atomic E-state index is -4.30. The van der Waals surface area contributed by atoms with Crippen LogP contribution < -0.4 is 10.6 Å². The first kappa shape index (κ1) is 12.9. The topological polar surface area (TPSA) is 67.4 Å². The third kappa shape index (κ3) is 4.60. The van der Waals surface area contributed by atoms with E-state index in [-0.39, 0.29) is 30.7 Å². The fraction of sp³-hybridized carbons (Fsp3) is 0.714. The number of halogens is 3. The summed E-state index contributed by atoms with van der Waals surface area (Å²) in [5, 5.41) is 4.47. The Hall–Kier alpha value is -1.12. The molecule has 92 valence electrons. The molecule has 2 amide bonds. The summed E-state index contributed by atoms with van der Waals surface area (Å²) in [6, 6.07) is -0.816. The van der Waals surface area contributed by atoms with Crippen molar-refractivity contribution >= 4 is 23.8 Å². The first-order chi connectivity index (χ1) is 7.38. The fourth-order valence-corrected chi connectivity index (χ4v) is 1.43. The number of carbonyl (C=O) groups is 2. The Morgan fingerprint density at radius 3 is 2.81 bits per heavy atom. The average molecular weight is 258 g/mol. The lowest BCUT2D eigenvalue weighted by molar-refractivity contribution is -0.122. The molecule has 1 aliphatic heterocycles. The van der Waals surface area contributed by atoms with E-state index in [9.17, 15) is 22.8 Å². The Morgan fingerprint density at radius 2 is 2.31 bits per heavy atom. The number of cyclic esters (lactones) is 1. The Labute approximate surface area is 93.1 Å². The molecule has 0 aliphatic carbocycles. The van der Waals surface area contributed by atoms with Crippen LogP contribution in [0.5, 0.6) is 0 Å². The van der Waals surface area contributed by atoms with Crippen molar-refractivity contribution < 1.29 is 27.5 Å². The highest BCUT2D eigenvalue weighted by molar-refractivity contribution is 8.00. The Bertz CT molecular complexity index is 285. The van der Waals surface area contributed by atoms with E-state index in [0.717, 1.165) is 0 Å². The molecule has 0 aromatic carbocycles. The zero-order valence-corrected chi connectivity index (χ0v) is 8.78. The molecular weight excluding hydrogens is 249 g/mol. The minimum Gasteiger partial charge on any atom is -0.447 e. The normalized spacial score (nSPS) is 20.2. The average Bonchev–Trinajstić information content (AvgIpc) is 2.57. The molecule has 5 nitrogen and oxygen atoms in total. The molecule has 2 N–H and O–H groups in total. The number of hydrogen-bond donors (Lipinski definition) is 2. The van der Waals surface area contributed by atoms with Crippen molar-refractivity contribution in [2.45, 2.75) is 11.6 Å². The van der Waals surface area contributed by atoms with Crippen LogP contribution in [0.4, 0.5) is 18.0 Å². The molecule has 1 rings (SSSR count). The SMILES string of the molecule is O=C1N[C@H](C(=O)NCCSC(F)(F)F)CO1. The van der Waals surface area contributed by atoms with Crippen LogP contribution in [0.1, 0.15) is 0 Å². The van der Waals surface area contributed by atoms with Crippen LogP contribution >= 0.6 is 11.8 Å². The molecule has 9 heteroatoms. The van der Waals surface area contributed by atoms with Crippen molar-refractivity contribution in [3.05, 3.63) is 0 Å². The van der Waals surface area contributed by atoms with Gasteiger partial charge in [0, 0.05) is 12.3 Å². The number of rotatable bonds is 4. The van der Waals surface area contributed by atoms with E-state index >= 15 is 0 Å². The van der Waals surface area contributed by atoms with Crippen molar-refractivity contribution in [3.63, 3.8) is 0 Å². The molecule has 16 heavy (non-hydrogen) atoms. The Balaban J connectivity index is 2.14. The van der Waals surface area contributed by atoms with Crippen LogP contribution in [0.25, 0.3) is 0 Å². The Kier molecular flexibility index (Phi) is 4.27. The van der Waals surface area contributed by atoms with E-state index in [1.165, 1.54) is 0 Å². The highest BCUT2D eigenvalue weighted by Gasteiger charge is 2.30. The molecule has 1 heterocycles. The lowest BCUT2D eigenvalue weighted by atomic mass is 10.3. The molecule has 1 atom stereocenters. The quantitative estimate of drug-likeness (QED) is 0.719. The van der Waals surface area contributed by atoms with Gasteiger partial charge in [0.25, 0.3) is 0 Å². The molecule has 1 aliphatic rings. The number of carbonyl (C=O) groups excluding carboxylic acids is 2. The van der Waals surface area contributed by atoms with Gasteiger partial charge in [0.05, 0.1) is 0 Å². The lowest BCUT2D eigenvalue weighted by Crippen LogP contribution is -2.43. The van der Waals surface area contributed by atoms with E-state index < -0.39 is 23.6 Å². The van der Waals surface area contributed by atoms with Gasteiger partial charge >= 0.3 is 11.6 Å². The molecule has 0 saturated carbocycles. The summed E-state index contributed by atoms with van der Waals surface area (Å²) >= 11 is -0.215. The van der Waals surface area contributed by atoms with Gasteiger partial charge in [-0.05, 0) is 11.8 Å². The van der Waals surface area contributed by atoms with E-state index in [1.807, 2.05) is 0 Å². The molecule has 1 fully saturated rings. The van der Waals surface area contributed by atoms with Crippen LogP contribution in [-0.2, 0) is 9.53 Å². The van der Waals surface area contributed by atoms with Gasteiger partial charge in [-0.3, -0.25) is 4.79 Å². The van der Waals surface area contributed by atoms with Crippen molar-refractivity contribution in [2.24, 2.45) is 0 Å². The van der Waals surface area contributed by atoms with Crippen molar-refractivity contribution in [1.82, 2.24) is 10.6 Å². The number of ether oxygens (including phenoxy) is 1. The summed E-state index contributed by atoms with van der Waals surface area (Å²) < 4.78 is 39.6. The van der Waals surface area contributed by atoms with Crippen molar-refractivity contribution in [2.75, 3.05) is 18.9 Å². The largest absolute Gasteiger partial charge is 0.447 e. The molecule has 0 unspecified atom stereocenters. The molecule has 1 saturated heterocycles. The van der Waals surface area contributed by atoms with Gasteiger partial charge in [0.2, 0.25) is 5.91 Å². The van der Waals surface area contributed by atoms with Gasteiger partial charge in [-0.25, -0.2) is 4.79 Å². The zero-order valence-electron chi connectivity index (χ0n) is 7.97. The Morgan fingerprint density at radius 1 is 1.62 bits per heavy atom. The van der Waals surface area contributed by atoms with E-state index in [2.05, 4.69) is 15.4 Å². The summed E-state index contributed by atoms with van der Waals surface area (Å²) in [4.78, 5) is 21.8. The van der Waals surface area contributed by atoms with Crippen molar-refractivity contribution in [3.8, 4) is 0 Å². The van der Waals surface area contributed by atoms with Gasteiger partial charge in [-0.2, -0.15) is 13.2 Å². The summed E-state index contributed by atoms with van der Waals surface area (Å²) in [6.45, 7) is -0.216. The predicted octanol–water partition coefficient (Wildman–Crippen LogP) is 0.464. The van der Waals surface area contributed by atoms with Gasteiger partial charge in [0.15, 0.2) is 0 Å². The smallest absolute Gasteiger partial charge is 0.441 e. The predicted molar refractivity (Wildman–Crippen MR) is 49.8 cm³/mol. The van der Waals surface area contributed by atoms with Gasteiger partial charge in [-0.1, -0.05) is 0 Å². The summed E-state index contributed by atoms with van der Waals surface area (Å²) in [5.74, 6) is -0.815. The van der Waals surface area contributed by atoms with Crippen LogP contribution in [0.2, 0.25) is 0 Å². The molecule has 0 aromatic rings. The number of amides is 2. The zero-order chi connectivity index (χ0) is 12.2. The van der Waals surface area contributed by atoms with Gasteiger partial charge < -0.3 is 15.4 Å². The number of alkyl halides is 3. The van der Waals surface area contributed by atoms with Crippen LogP contribution in [0.15, 0.2) is 0 Å². The summed E-state index contributed by atoms with van der Waals surface area (Å²) in [6.07, 6.45) is -0.704. The van der Waals surface area contributed by atoms with Crippen molar-refractivity contribution in [1.29, 1.82) is 0 Å². The molecule has 0 aromatic heterocycles. The lowest BCUT2D eigenvalue weighted by Gasteiger charge is -2.09. The third-order valence-electron chi connectivity index (χ3n) is 1.66. The first-order valence-electron chi connectivity index (χ1n) is 4.30. The number of hydrogen-bond acceptors (Lipinski definition) is 4. The van der Waals surface area contributed by atoms with Gasteiger partial charge in [0.1, 0.15) is 12.6 Å². The summed E-state index contributed by atoms with van der Waals surface area (Å²) in [7, 11) is 0. The standard InChI is InChI=1S/C7H9F3N2O3S/c8-7(9,10)16-2-1-11-5(13)4-3-15-6(14)12-4/h4H,1-3H2,(H,11,13)(H,12,14)/t4-/m0/s1. The molecule has 0 bridgehead atoms. The second-order valence-electron chi connectivity index (χ2n) is 2.88. The monoisotopic (exact) mass is 258 g/mol. The second-order valence-corrected chi connectivity index (χ2v) is 4.04. The number of nitrogens with one attached hydrogen (secondary N) is 2. The first-order valence-corrected chi connectivity index (χ1v) is 5.29. The van der Waals surface area contributed by atoms with Crippen LogP contribution in [0, 0.1) is 0 Å². The molecule has 0 spiro atoms. The second kappa shape index (κ2) is 5.28. The maximum Gasteiger partial charge on any atom is 0.441 e. The maximum atomic E-state index is 11.7. The van der Waals surface area contributed by atoms with Gasteiger partial charge in [-0.15, -0.1) is 0 Å². The highest BCUT2D eigenvalue weighted by atomic mass is 32.2. The summed E-state index contributed by atoms with van der Waals surface area (Å²) in [5.41, 5.74) is -4.30. The van der Waals surface area contributed by atoms with Crippen LogP contribution in [0.3, 0.4) is 0 Å². The molecular formula is C7H9F3N2O3S. The van der Waals surface area contributed by atoms with E-state index in [0.29, 0.717) is 0 Å². The fourth-order valence-electron chi connectivity index (χ4n) is 0.990. The third-order valence-corrected chi connectivity index (χ3v) is 2.39. The highest BCUT2D eigenvalue weighted by Crippen LogP contribution is 2.29. The van der Waals surface area contributed by atoms with E-state index in [1.54, 1.807) is 0 Å². The minimum absolute atomic E-state index is 0.100. The van der Waals surface area contributed by atoms with E-state index in [4.69, 9.17) is 0 Å². The van der Waals surface area contributed by atoms with Crippen LogP contribution in [-0.4, -0.2) is 42.5 Å². The number of thioether (sulfide) groups is 1. The maximum absolute atomic E-state index is 11.7. The molecule has 0 radical (unpaired) electrons. The number of alkyl carbamates (subject to hydrolysis) is 1.